The van der Waals surface area contributed by atoms with E-state index in [0.717, 1.165) is 94.4 Å². The average molecular weight is 855 g/mol. The van der Waals surface area contributed by atoms with E-state index in [1.807, 2.05) is 45.6 Å². The number of hydrogen-bond acceptors (Lipinski definition) is 7. The maximum atomic E-state index is 14.6. The predicted octanol–water partition coefficient (Wildman–Crippen LogP) is 7.75. The van der Waals surface area contributed by atoms with Crippen LogP contribution < -0.4 is 35.1 Å². The minimum atomic E-state index is -0.882. The van der Waals surface area contributed by atoms with Crippen LogP contribution in [-0.2, 0) is 28.9 Å². The van der Waals surface area contributed by atoms with Gasteiger partial charge in [-0.2, -0.15) is 5.06 Å². The monoisotopic (exact) mass is 854 g/mol. The number of aromatic nitrogens is 6. The molecule has 0 spiro atoms. The number of aryl methyl sites for hydroxylation is 1. The summed E-state index contributed by atoms with van der Waals surface area (Å²) in [5, 5.41) is 16.8. The summed E-state index contributed by atoms with van der Waals surface area (Å²) in [4.78, 5) is 26.5. The first-order valence-corrected chi connectivity index (χ1v) is 22.4. The first-order valence-electron chi connectivity index (χ1n) is 22.4. The van der Waals surface area contributed by atoms with Crippen LogP contribution in [0.25, 0.3) is 33.4 Å². The molecule has 2 aromatic heterocycles. The van der Waals surface area contributed by atoms with Crippen LogP contribution in [0.2, 0.25) is 0 Å². The van der Waals surface area contributed by atoms with Crippen LogP contribution in [0.1, 0.15) is 93.4 Å². The fourth-order valence-corrected chi connectivity index (χ4v) is 10.2. The van der Waals surface area contributed by atoms with Gasteiger partial charge in [-0.25, -0.2) is 9.67 Å². The third-order valence-corrected chi connectivity index (χ3v) is 13.5. The van der Waals surface area contributed by atoms with Gasteiger partial charge in [0.05, 0.1) is 17.4 Å². The Balaban J connectivity index is 0.00000518. The maximum absolute atomic E-state index is 14.6. The Labute approximate surface area is 397 Å². The van der Waals surface area contributed by atoms with Crippen molar-refractivity contribution in [1.29, 1.82) is 0 Å². The Kier molecular flexibility index (Phi) is 12.1. The van der Waals surface area contributed by atoms with Crippen LogP contribution in [0.4, 0.5) is 0 Å². The summed E-state index contributed by atoms with van der Waals surface area (Å²) in [5.41, 5.74) is 7.39. The van der Waals surface area contributed by atoms with Gasteiger partial charge in [0.1, 0.15) is 17.0 Å². The third kappa shape index (κ3) is 7.67. The van der Waals surface area contributed by atoms with E-state index in [2.05, 4.69) is 159 Å². The largest absolute Gasteiger partial charge is 1.00 e. The molecule has 4 heterocycles. The first-order chi connectivity index (χ1) is 30.7. The fraction of sp³-hybridized carbons (Fsp3) is 0.278. The Morgan fingerprint density at radius 3 is 1.97 bits per heavy atom. The summed E-state index contributed by atoms with van der Waals surface area (Å²) >= 11 is 0. The number of unbranched alkanes of at least 4 members (excludes halogenated alkanes) is 1. The van der Waals surface area contributed by atoms with Gasteiger partial charge in [-0.1, -0.05) is 159 Å². The van der Waals surface area contributed by atoms with Crippen LogP contribution in [0, 0.1) is 0 Å². The molecule has 0 saturated carbocycles. The van der Waals surface area contributed by atoms with Crippen molar-refractivity contribution in [2.24, 2.45) is 0 Å². The van der Waals surface area contributed by atoms with Crippen molar-refractivity contribution in [2.75, 3.05) is 0 Å². The van der Waals surface area contributed by atoms with Crippen molar-refractivity contribution in [3.8, 4) is 22.5 Å². The minimum absolute atomic E-state index is 0. The molecule has 0 N–H and O–H groups in total. The summed E-state index contributed by atoms with van der Waals surface area (Å²) in [6.07, 6.45) is 5.82. The minimum Gasteiger partial charge on any atom is -0.292 e. The smallest absolute Gasteiger partial charge is 0.292 e. The normalized spacial score (nSPS) is 18.2. The van der Waals surface area contributed by atoms with Gasteiger partial charge in [0.15, 0.2) is 5.82 Å². The van der Waals surface area contributed by atoms with Gasteiger partial charge in [-0.15, -0.1) is 5.10 Å². The summed E-state index contributed by atoms with van der Waals surface area (Å²) in [7, 11) is 0. The Hall–Kier alpha value is -5.55. The third-order valence-electron chi connectivity index (χ3n) is 13.5. The zero-order valence-corrected chi connectivity index (χ0v) is 39.5. The second kappa shape index (κ2) is 17.8. The molecule has 6 aromatic carbocycles. The predicted molar refractivity (Wildman–Crippen MR) is 249 cm³/mol. The fourth-order valence-electron chi connectivity index (χ4n) is 10.2. The number of hydrogen-bond donors (Lipinski definition) is 0. The van der Waals surface area contributed by atoms with Crippen molar-refractivity contribution in [1.82, 2.24) is 34.8 Å². The summed E-state index contributed by atoms with van der Waals surface area (Å²) in [5.74, 6) is 1.45. The van der Waals surface area contributed by atoms with E-state index in [9.17, 15) is 4.79 Å². The molecule has 0 aliphatic carbocycles. The molecule has 0 radical (unpaired) electrons. The van der Waals surface area contributed by atoms with Crippen molar-refractivity contribution in [3.63, 3.8) is 0 Å². The molecule has 2 atom stereocenters. The van der Waals surface area contributed by atoms with Crippen LogP contribution >= 0.6 is 0 Å². The van der Waals surface area contributed by atoms with Crippen LogP contribution in [0.15, 0.2) is 163 Å². The molecule has 2 fully saturated rings. The SMILES string of the molecule is CCCCc1nc2ccc(C3(C)CC4CCC(C)(C)N4O3)cc2c(=O)n1Cc1ccc(-c2ccccc2-c2nnnn2C(c2ccccc2)(c2ccccc2)c2ccccc2)cc1.[Na+]. The van der Waals surface area contributed by atoms with Gasteiger partial charge >= 0.3 is 29.6 Å². The molecule has 0 amide bonds. The van der Waals surface area contributed by atoms with E-state index >= 15 is 0 Å². The maximum Gasteiger partial charge on any atom is 1.00 e. The molecule has 316 valence electrons. The molecule has 10 heteroatoms. The molecular weight excluding hydrogens is 802 g/mol. The van der Waals surface area contributed by atoms with Gasteiger partial charge in [0.25, 0.3) is 5.56 Å². The Bertz CT molecular complexity index is 2860. The van der Waals surface area contributed by atoms with E-state index < -0.39 is 11.1 Å². The van der Waals surface area contributed by atoms with Crippen LogP contribution in [-0.4, -0.2) is 46.4 Å². The second-order valence-corrected chi connectivity index (χ2v) is 18.1. The van der Waals surface area contributed by atoms with Crippen molar-refractivity contribution in [2.45, 2.75) is 95.5 Å². The Morgan fingerprint density at radius 1 is 0.750 bits per heavy atom. The number of benzene rings is 6. The first kappa shape index (κ1) is 43.7. The molecule has 8 aromatic rings. The van der Waals surface area contributed by atoms with Crippen LogP contribution in [0.5, 0.6) is 0 Å². The standard InChI is InChI=1S/C54H53N7O2.Na/c1-5-6-26-49-55-48-32-31-43(53(4)36-44-33-34-52(2,3)61(44)63-53)35-47(48)51(62)59(49)37-38-27-29-39(30-28-38)45-24-16-17-25-46(45)50-56-57-58-60(50)54(40-18-10-7-11-19-40,41-20-12-8-13-21-41)42-22-14-9-15-23-42;/h7-25,27-32,35,44H,5-6,26,33-34,36-37H2,1-4H3;/q;+1. The molecule has 2 unspecified atom stereocenters. The molecule has 2 aliphatic heterocycles. The molecule has 64 heavy (non-hydrogen) atoms. The summed E-state index contributed by atoms with van der Waals surface area (Å²) < 4.78 is 3.86. The van der Waals surface area contributed by atoms with Gasteiger partial charge in [0.2, 0.25) is 0 Å². The zero-order chi connectivity index (χ0) is 43.2. The van der Waals surface area contributed by atoms with Crippen molar-refractivity contribution >= 4 is 10.9 Å². The number of nitrogens with zero attached hydrogens (tertiary/aromatic N) is 7. The zero-order valence-electron chi connectivity index (χ0n) is 37.5. The average Bonchev–Trinajstić information content (AvgIpc) is 4.03. The quantitative estimate of drug-likeness (QED) is 0.0918. The molecule has 9 nitrogen and oxygen atoms in total. The van der Waals surface area contributed by atoms with Crippen LogP contribution in [0.3, 0.4) is 0 Å². The van der Waals surface area contributed by atoms with Crippen molar-refractivity contribution in [3.05, 3.63) is 202 Å². The Morgan fingerprint density at radius 2 is 1.36 bits per heavy atom. The van der Waals surface area contributed by atoms with Gasteiger partial charge in [-0.05, 0) is 102 Å². The number of tetrazole rings is 1. The number of rotatable bonds is 12. The van der Waals surface area contributed by atoms with E-state index in [0.29, 0.717) is 23.8 Å². The second-order valence-electron chi connectivity index (χ2n) is 18.1. The number of hydroxylamine groups is 2. The summed E-state index contributed by atoms with van der Waals surface area (Å²) in [6.45, 7) is 9.26. The molecule has 10 rings (SSSR count). The summed E-state index contributed by atoms with van der Waals surface area (Å²) in [6, 6.07) is 54.7. The van der Waals surface area contributed by atoms with Crippen molar-refractivity contribution < 1.29 is 34.4 Å². The van der Waals surface area contributed by atoms with E-state index in [1.54, 1.807) is 0 Å². The molecule has 0 bridgehead atoms. The van der Waals surface area contributed by atoms with E-state index in [1.165, 1.54) is 0 Å². The number of fused-ring (bicyclic) bond motifs is 2. The van der Waals surface area contributed by atoms with Gasteiger partial charge in [0, 0.05) is 30.0 Å². The molecule has 2 aliphatic rings. The topological polar surface area (TPSA) is 91.0 Å². The molecule has 2 saturated heterocycles. The van der Waals surface area contributed by atoms with Gasteiger partial charge in [-0.3, -0.25) is 14.2 Å². The molecular formula is C54H53N7NaO2+. The van der Waals surface area contributed by atoms with Gasteiger partial charge < -0.3 is 0 Å². The van der Waals surface area contributed by atoms with E-state index in [-0.39, 0.29) is 40.7 Å². The van der Waals surface area contributed by atoms with E-state index in [4.69, 9.17) is 20.1 Å².